The Morgan fingerprint density at radius 1 is 1.33 bits per heavy atom. The molecule has 100 valence electrons. The van der Waals surface area contributed by atoms with Crippen molar-refractivity contribution in [2.24, 2.45) is 0 Å². The van der Waals surface area contributed by atoms with E-state index in [-0.39, 0.29) is 23.5 Å². The van der Waals surface area contributed by atoms with E-state index in [0.717, 1.165) is 0 Å². The maximum atomic E-state index is 13.7. The molecule has 0 unspecified atom stereocenters. The SMILES string of the molecule is COc1cccc(F)c1C(=O)CCC(C)(C)OC. The fraction of sp³-hybridized carbons (Fsp3) is 0.500. The summed E-state index contributed by atoms with van der Waals surface area (Å²) in [5.41, 5.74) is -0.374. The molecule has 3 nitrogen and oxygen atoms in total. The van der Waals surface area contributed by atoms with Gasteiger partial charge in [0.15, 0.2) is 5.78 Å². The molecular formula is C14H19FO3. The Kier molecular flexibility index (Phi) is 4.84. The lowest BCUT2D eigenvalue weighted by atomic mass is 9.97. The van der Waals surface area contributed by atoms with Gasteiger partial charge in [-0.3, -0.25) is 4.79 Å². The molecule has 0 fully saturated rings. The summed E-state index contributed by atoms with van der Waals surface area (Å²) in [6.45, 7) is 3.78. The number of hydrogen-bond acceptors (Lipinski definition) is 3. The Bertz CT molecular complexity index is 427. The number of carbonyl (C=O) groups excluding carboxylic acids is 1. The van der Waals surface area contributed by atoms with Crippen LogP contribution in [0.2, 0.25) is 0 Å². The zero-order valence-electron chi connectivity index (χ0n) is 11.2. The van der Waals surface area contributed by atoms with E-state index < -0.39 is 11.4 Å². The van der Waals surface area contributed by atoms with Gasteiger partial charge in [-0.2, -0.15) is 0 Å². The molecule has 0 spiro atoms. The lowest BCUT2D eigenvalue weighted by Crippen LogP contribution is -2.23. The van der Waals surface area contributed by atoms with Gasteiger partial charge in [0.2, 0.25) is 0 Å². The molecule has 1 aromatic carbocycles. The first-order chi connectivity index (χ1) is 8.41. The smallest absolute Gasteiger partial charge is 0.169 e. The highest BCUT2D eigenvalue weighted by Gasteiger charge is 2.22. The standard InChI is InChI=1S/C14H19FO3/c1-14(2,18-4)9-8-11(16)13-10(15)6-5-7-12(13)17-3/h5-7H,8-9H2,1-4H3. The Balaban J connectivity index is 2.85. The van der Waals surface area contributed by atoms with Gasteiger partial charge in [-0.25, -0.2) is 4.39 Å². The molecule has 0 aliphatic heterocycles. The molecule has 1 aromatic rings. The van der Waals surface area contributed by atoms with Crippen LogP contribution in [-0.2, 0) is 4.74 Å². The molecule has 0 bridgehead atoms. The monoisotopic (exact) mass is 254 g/mol. The van der Waals surface area contributed by atoms with Crippen LogP contribution in [-0.4, -0.2) is 25.6 Å². The van der Waals surface area contributed by atoms with E-state index in [0.29, 0.717) is 6.42 Å². The minimum Gasteiger partial charge on any atom is -0.496 e. The number of benzene rings is 1. The summed E-state index contributed by atoms with van der Waals surface area (Å²) in [6, 6.07) is 4.36. The summed E-state index contributed by atoms with van der Waals surface area (Å²) in [5, 5.41) is 0. The number of ether oxygens (including phenoxy) is 2. The van der Waals surface area contributed by atoms with Gasteiger partial charge in [0.1, 0.15) is 11.6 Å². The molecule has 0 aromatic heterocycles. The lowest BCUT2D eigenvalue weighted by molar-refractivity contribution is 0.0141. The third-order valence-electron chi connectivity index (χ3n) is 2.98. The summed E-state index contributed by atoms with van der Waals surface area (Å²) >= 11 is 0. The predicted octanol–water partition coefficient (Wildman–Crippen LogP) is 3.22. The van der Waals surface area contributed by atoms with Crippen molar-refractivity contribution in [2.45, 2.75) is 32.3 Å². The maximum absolute atomic E-state index is 13.7. The number of methoxy groups -OCH3 is 2. The van der Waals surface area contributed by atoms with Gasteiger partial charge in [-0.05, 0) is 32.4 Å². The topological polar surface area (TPSA) is 35.5 Å². The van der Waals surface area contributed by atoms with E-state index in [4.69, 9.17) is 9.47 Å². The average molecular weight is 254 g/mol. The van der Waals surface area contributed by atoms with Crippen LogP contribution in [0, 0.1) is 5.82 Å². The Morgan fingerprint density at radius 2 is 2.00 bits per heavy atom. The zero-order chi connectivity index (χ0) is 13.8. The van der Waals surface area contributed by atoms with Crippen molar-refractivity contribution in [2.75, 3.05) is 14.2 Å². The molecule has 0 aliphatic carbocycles. The van der Waals surface area contributed by atoms with E-state index in [2.05, 4.69) is 0 Å². The molecular weight excluding hydrogens is 235 g/mol. The van der Waals surface area contributed by atoms with Crippen LogP contribution in [0.1, 0.15) is 37.0 Å². The molecule has 18 heavy (non-hydrogen) atoms. The van der Waals surface area contributed by atoms with Gasteiger partial charge in [-0.1, -0.05) is 6.07 Å². The van der Waals surface area contributed by atoms with Crippen LogP contribution in [0.5, 0.6) is 5.75 Å². The summed E-state index contributed by atoms with van der Waals surface area (Å²) in [4.78, 5) is 12.0. The highest BCUT2D eigenvalue weighted by Crippen LogP contribution is 2.25. The van der Waals surface area contributed by atoms with Crippen LogP contribution in [0.4, 0.5) is 4.39 Å². The van der Waals surface area contributed by atoms with E-state index in [1.807, 2.05) is 13.8 Å². The number of carbonyl (C=O) groups is 1. The minimum atomic E-state index is -0.547. The number of rotatable bonds is 6. The van der Waals surface area contributed by atoms with Gasteiger partial charge in [0.05, 0.1) is 18.3 Å². The molecule has 0 aliphatic rings. The van der Waals surface area contributed by atoms with Gasteiger partial charge in [0.25, 0.3) is 0 Å². The number of halogens is 1. The second-order valence-corrected chi connectivity index (χ2v) is 4.70. The third-order valence-corrected chi connectivity index (χ3v) is 2.98. The quantitative estimate of drug-likeness (QED) is 0.731. The maximum Gasteiger partial charge on any atom is 0.169 e. The molecule has 0 saturated carbocycles. The van der Waals surface area contributed by atoms with E-state index in [9.17, 15) is 9.18 Å². The van der Waals surface area contributed by atoms with Crippen LogP contribution in [0.25, 0.3) is 0 Å². The van der Waals surface area contributed by atoms with Gasteiger partial charge in [-0.15, -0.1) is 0 Å². The molecule has 0 amide bonds. The number of Topliss-reactive ketones (excluding diaryl/α,β-unsaturated/α-hetero) is 1. The van der Waals surface area contributed by atoms with Gasteiger partial charge in [0, 0.05) is 13.5 Å². The van der Waals surface area contributed by atoms with Crippen molar-refractivity contribution in [1.82, 2.24) is 0 Å². The predicted molar refractivity (Wildman–Crippen MR) is 67.6 cm³/mol. The zero-order valence-corrected chi connectivity index (χ0v) is 11.2. The summed E-state index contributed by atoms with van der Waals surface area (Å²) < 4.78 is 23.9. The highest BCUT2D eigenvalue weighted by molar-refractivity contribution is 5.98. The Labute approximate surface area is 107 Å². The van der Waals surface area contributed by atoms with Crippen LogP contribution in [0.15, 0.2) is 18.2 Å². The van der Waals surface area contributed by atoms with Crippen molar-refractivity contribution in [3.63, 3.8) is 0 Å². The molecule has 1 rings (SSSR count). The first-order valence-electron chi connectivity index (χ1n) is 5.82. The van der Waals surface area contributed by atoms with E-state index >= 15 is 0 Å². The van der Waals surface area contributed by atoms with Crippen LogP contribution in [0.3, 0.4) is 0 Å². The minimum absolute atomic E-state index is 0.0203. The molecule has 0 radical (unpaired) electrons. The third kappa shape index (κ3) is 3.53. The van der Waals surface area contributed by atoms with Crippen molar-refractivity contribution < 1.29 is 18.7 Å². The first kappa shape index (κ1) is 14.6. The molecule has 0 N–H and O–H groups in total. The molecule has 4 heteroatoms. The van der Waals surface area contributed by atoms with Crippen LogP contribution < -0.4 is 4.74 Å². The van der Waals surface area contributed by atoms with Gasteiger partial charge >= 0.3 is 0 Å². The van der Waals surface area contributed by atoms with Crippen molar-refractivity contribution >= 4 is 5.78 Å². The Morgan fingerprint density at radius 3 is 2.56 bits per heavy atom. The first-order valence-corrected chi connectivity index (χ1v) is 5.82. The second-order valence-electron chi connectivity index (χ2n) is 4.70. The molecule has 0 atom stereocenters. The summed E-state index contributed by atoms with van der Waals surface area (Å²) in [7, 11) is 3.01. The largest absolute Gasteiger partial charge is 0.496 e. The van der Waals surface area contributed by atoms with Crippen molar-refractivity contribution in [1.29, 1.82) is 0 Å². The van der Waals surface area contributed by atoms with Crippen molar-refractivity contribution in [3.05, 3.63) is 29.6 Å². The van der Waals surface area contributed by atoms with Crippen molar-refractivity contribution in [3.8, 4) is 5.75 Å². The lowest BCUT2D eigenvalue weighted by Gasteiger charge is -2.22. The fourth-order valence-electron chi connectivity index (χ4n) is 1.59. The summed E-state index contributed by atoms with van der Waals surface area (Å²) in [6.07, 6.45) is 0.748. The second kappa shape index (κ2) is 5.96. The van der Waals surface area contributed by atoms with E-state index in [1.165, 1.54) is 19.2 Å². The molecule has 0 saturated heterocycles. The fourth-order valence-corrected chi connectivity index (χ4v) is 1.59. The highest BCUT2D eigenvalue weighted by atomic mass is 19.1. The van der Waals surface area contributed by atoms with Crippen LogP contribution >= 0.6 is 0 Å². The number of ketones is 1. The number of hydrogen-bond donors (Lipinski definition) is 0. The normalized spacial score (nSPS) is 11.4. The Hall–Kier alpha value is -1.42. The molecule has 0 heterocycles. The van der Waals surface area contributed by atoms with E-state index in [1.54, 1.807) is 13.2 Å². The summed E-state index contributed by atoms with van der Waals surface area (Å²) in [5.74, 6) is -0.542. The van der Waals surface area contributed by atoms with Gasteiger partial charge < -0.3 is 9.47 Å². The average Bonchev–Trinajstić information content (AvgIpc) is 2.35.